The minimum Gasteiger partial charge on any atom is -0.337 e. The molecule has 1 aromatic heterocycles. The molecule has 0 atom stereocenters. The van der Waals surface area contributed by atoms with Crippen molar-refractivity contribution in [3.05, 3.63) is 65.4 Å². The predicted octanol–water partition coefficient (Wildman–Crippen LogP) is 4.76. The zero-order valence-electron chi connectivity index (χ0n) is 16.2. The summed E-state index contributed by atoms with van der Waals surface area (Å²) in [5.41, 5.74) is 0.708. The van der Waals surface area contributed by atoms with Crippen LogP contribution in [-0.2, 0) is 16.2 Å². The fourth-order valence-corrected chi connectivity index (χ4v) is 3.49. The van der Waals surface area contributed by atoms with Gasteiger partial charge in [0.05, 0.1) is 16.2 Å². The van der Waals surface area contributed by atoms with E-state index < -0.39 is 27.8 Å². The number of hydrogen-bond acceptors (Lipinski definition) is 5. The zero-order valence-corrected chi connectivity index (χ0v) is 17.1. The van der Waals surface area contributed by atoms with Crippen molar-refractivity contribution >= 4 is 33.3 Å². The number of halogens is 3. The van der Waals surface area contributed by atoms with E-state index in [1.165, 1.54) is 24.3 Å². The summed E-state index contributed by atoms with van der Waals surface area (Å²) in [6.07, 6.45) is -4.47. The molecule has 0 aliphatic carbocycles. The van der Waals surface area contributed by atoms with Gasteiger partial charge in [-0.3, -0.25) is 0 Å². The molecule has 3 N–H and O–H groups in total. The Hall–Kier alpha value is -3.54. The van der Waals surface area contributed by atoms with Crippen molar-refractivity contribution in [2.45, 2.75) is 24.9 Å². The number of anilines is 3. The molecule has 1 heterocycles. The van der Waals surface area contributed by atoms with Crippen LogP contribution in [0.5, 0.6) is 0 Å². The summed E-state index contributed by atoms with van der Waals surface area (Å²) >= 11 is 0. The molecule has 0 aliphatic rings. The molecule has 3 aromatic rings. The number of sulfonamides is 1. The Morgan fingerprint density at radius 3 is 1.90 bits per heavy atom. The third-order valence-corrected chi connectivity index (χ3v) is 5.62. The van der Waals surface area contributed by atoms with Crippen molar-refractivity contribution in [2.24, 2.45) is 0 Å². The first-order chi connectivity index (χ1) is 14.5. The second kappa shape index (κ2) is 8.30. The van der Waals surface area contributed by atoms with Crippen LogP contribution < -0.4 is 15.4 Å². The summed E-state index contributed by atoms with van der Waals surface area (Å²) in [7, 11) is -3.94. The van der Waals surface area contributed by atoms with Crippen molar-refractivity contribution in [1.82, 2.24) is 5.16 Å². The van der Waals surface area contributed by atoms with Gasteiger partial charge in [0.15, 0.2) is 0 Å². The summed E-state index contributed by atoms with van der Waals surface area (Å²) in [6, 6.07) is 8.50. The number of nitrogens with one attached hydrogen (secondary N) is 3. The molecule has 3 rings (SSSR count). The lowest BCUT2D eigenvalue weighted by atomic mass is 10.2. The zero-order chi connectivity index (χ0) is 22.8. The van der Waals surface area contributed by atoms with E-state index in [9.17, 15) is 26.4 Å². The highest BCUT2D eigenvalue weighted by Crippen LogP contribution is 2.30. The van der Waals surface area contributed by atoms with Crippen LogP contribution in [0.3, 0.4) is 0 Å². The number of hydrogen-bond donors (Lipinski definition) is 3. The minimum absolute atomic E-state index is 0.00983. The summed E-state index contributed by atoms with van der Waals surface area (Å²) in [5.74, 6) is 0.00983. The number of aryl methyl sites for hydroxylation is 1. The average molecular weight is 454 g/mol. The Balaban J connectivity index is 1.63. The lowest BCUT2D eigenvalue weighted by Crippen LogP contribution is -2.19. The van der Waals surface area contributed by atoms with Gasteiger partial charge in [-0.2, -0.15) is 13.2 Å². The SMILES string of the molecule is Cc1noc(NS(=O)(=O)c2ccc(NC(=O)Nc3ccc(C(F)(F)F)cc3)cc2)c1C. The number of urea groups is 1. The van der Waals surface area contributed by atoms with E-state index in [0.29, 0.717) is 11.3 Å². The maximum atomic E-state index is 12.6. The van der Waals surface area contributed by atoms with Gasteiger partial charge in [0.25, 0.3) is 10.0 Å². The van der Waals surface area contributed by atoms with Gasteiger partial charge in [-0.1, -0.05) is 5.16 Å². The predicted molar refractivity (Wildman–Crippen MR) is 107 cm³/mol. The molecule has 12 heteroatoms. The molecule has 2 amide bonds. The molecule has 2 aromatic carbocycles. The first kappa shape index (κ1) is 22.2. The molecule has 0 bridgehead atoms. The van der Waals surface area contributed by atoms with Crippen molar-refractivity contribution in [2.75, 3.05) is 15.4 Å². The molecule has 0 saturated carbocycles. The van der Waals surface area contributed by atoms with E-state index in [1.54, 1.807) is 13.8 Å². The molecular weight excluding hydrogens is 437 g/mol. The number of rotatable bonds is 5. The Kier molecular flexibility index (Phi) is 5.93. The Bertz CT molecular complexity index is 1190. The molecule has 164 valence electrons. The summed E-state index contributed by atoms with van der Waals surface area (Å²) in [4.78, 5) is 12.0. The van der Waals surface area contributed by atoms with Gasteiger partial charge >= 0.3 is 12.2 Å². The number of amides is 2. The van der Waals surface area contributed by atoms with E-state index in [2.05, 4.69) is 20.5 Å². The maximum absolute atomic E-state index is 12.6. The molecule has 0 saturated heterocycles. The minimum atomic E-state index is -4.47. The van der Waals surface area contributed by atoms with Crippen LogP contribution >= 0.6 is 0 Å². The summed E-state index contributed by atoms with van der Waals surface area (Å²) < 4.78 is 69.9. The topological polar surface area (TPSA) is 113 Å². The third-order valence-electron chi connectivity index (χ3n) is 4.28. The number of nitrogens with zero attached hydrogens (tertiary/aromatic N) is 1. The standard InChI is InChI=1S/C19H17F3N4O4S/c1-11-12(2)25-30-17(11)26-31(28,29)16-9-7-15(8-10-16)24-18(27)23-14-5-3-13(4-6-14)19(20,21)22/h3-10,26H,1-2H3,(H2,23,24,27). The second-order valence-electron chi connectivity index (χ2n) is 6.51. The third kappa shape index (κ3) is 5.34. The van der Waals surface area contributed by atoms with E-state index in [4.69, 9.17) is 4.52 Å². The van der Waals surface area contributed by atoms with Gasteiger partial charge in [-0.15, -0.1) is 0 Å². The Labute approximate surface area is 175 Å². The molecule has 0 unspecified atom stereocenters. The van der Waals surface area contributed by atoms with Gasteiger partial charge < -0.3 is 15.2 Å². The lowest BCUT2D eigenvalue weighted by Gasteiger charge is -2.10. The second-order valence-corrected chi connectivity index (χ2v) is 8.19. The van der Waals surface area contributed by atoms with Crippen LogP contribution in [0, 0.1) is 13.8 Å². The highest BCUT2D eigenvalue weighted by molar-refractivity contribution is 7.92. The van der Waals surface area contributed by atoms with Gasteiger partial charge in [-0.25, -0.2) is 17.9 Å². The van der Waals surface area contributed by atoms with Crippen molar-refractivity contribution in [3.63, 3.8) is 0 Å². The van der Waals surface area contributed by atoms with Gasteiger partial charge in [0.2, 0.25) is 5.88 Å². The largest absolute Gasteiger partial charge is 0.416 e. The van der Waals surface area contributed by atoms with Crippen molar-refractivity contribution in [3.8, 4) is 0 Å². The quantitative estimate of drug-likeness (QED) is 0.515. The van der Waals surface area contributed by atoms with Crippen LogP contribution in [0.1, 0.15) is 16.8 Å². The van der Waals surface area contributed by atoms with Gasteiger partial charge in [0.1, 0.15) is 0 Å². The molecule has 8 nitrogen and oxygen atoms in total. The smallest absolute Gasteiger partial charge is 0.337 e. The fourth-order valence-electron chi connectivity index (χ4n) is 2.44. The first-order valence-electron chi connectivity index (χ1n) is 8.77. The molecule has 31 heavy (non-hydrogen) atoms. The van der Waals surface area contributed by atoms with E-state index >= 15 is 0 Å². The monoisotopic (exact) mass is 454 g/mol. The summed E-state index contributed by atoms with van der Waals surface area (Å²) in [6.45, 7) is 3.33. The maximum Gasteiger partial charge on any atom is 0.416 e. The van der Waals surface area contributed by atoms with Crippen molar-refractivity contribution < 1.29 is 30.9 Å². The van der Waals surface area contributed by atoms with Crippen LogP contribution in [0.15, 0.2) is 57.9 Å². The van der Waals surface area contributed by atoms with E-state index in [0.717, 1.165) is 24.3 Å². The normalized spacial score (nSPS) is 11.8. The Morgan fingerprint density at radius 2 is 1.45 bits per heavy atom. The van der Waals surface area contributed by atoms with E-state index in [-0.39, 0.29) is 22.2 Å². The molecular formula is C19H17F3N4O4S. The molecule has 0 spiro atoms. The van der Waals surface area contributed by atoms with Gasteiger partial charge in [0, 0.05) is 16.9 Å². The Morgan fingerprint density at radius 1 is 0.935 bits per heavy atom. The molecule has 0 aliphatic heterocycles. The molecule has 0 radical (unpaired) electrons. The van der Waals surface area contributed by atoms with Gasteiger partial charge in [-0.05, 0) is 62.4 Å². The highest BCUT2D eigenvalue weighted by atomic mass is 32.2. The molecule has 0 fully saturated rings. The number of carbonyl (C=O) groups is 1. The highest BCUT2D eigenvalue weighted by Gasteiger charge is 2.30. The lowest BCUT2D eigenvalue weighted by molar-refractivity contribution is -0.137. The fraction of sp³-hybridized carbons (Fsp3) is 0.158. The number of aromatic nitrogens is 1. The number of benzene rings is 2. The number of carbonyl (C=O) groups excluding carboxylic acids is 1. The van der Waals surface area contributed by atoms with Crippen LogP contribution in [0.2, 0.25) is 0 Å². The first-order valence-corrected chi connectivity index (χ1v) is 10.2. The van der Waals surface area contributed by atoms with Crippen LogP contribution in [0.4, 0.5) is 35.2 Å². The van der Waals surface area contributed by atoms with Crippen molar-refractivity contribution in [1.29, 1.82) is 0 Å². The average Bonchev–Trinajstić information content (AvgIpc) is 2.99. The summed E-state index contributed by atoms with van der Waals surface area (Å²) in [5, 5.41) is 8.53. The number of alkyl halides is 3. The van der Waals surface area contributed by atoms with E-state index in [1.807, 2.05) is 0 Å². The van der Waals surface area contributed by atoms with Crippen LogP contribution in [-0.4, -0.2) is 19.6 Å². The van der Waals surface area contributed by atoms with Crippen LogP contribution in [0.25, 0.3) is 0 Å².